The highest BCUT2D eigenvalue weighted by atomic mass is 16.5. The number of aromatic nitrogens is 2. The Balaban J connectivity index is 1.71. The maximum Gasteiger partial charge on any atom is 0.226 e. The van der Waals surface area contributed by atoms with E-state index >= 15 is 0 Å². The monoisotopic (exact) mass is 253 g/mol. The fraction of sp³-hybridized carbons (Fsp3) is 0.846. The van der Waals surface area contributed by atoms with Crippen molar-refractivity contribution in [2.75, 3.05) is 13.2 Å². The van der Waals surface area contributed by atoms with Crippen LogP contribution in [0.25, 0.3) is 0 Å². The van der Waals surface area contributed by atoms with E-state index in [4.69, 9.17) is 15.0 Å². The third-order valence-corrected chi connectivity index (χ3v) is 3.29. The molecule has 5 nitrogen and oxygen atoms in total. The van der Waals surface area contributed by atoms with Crippen LogP contribution in [-0.4, -0.2) is 29.4 Å². The smallest absolute Gasteiger partial charge is 0.226 e. The van der Waals surface area contributed by atoms with Crippen LogP contribution in [0, 0.1) is 0 Å². The summed E-state index contributed by atoms with van der Waals surface area (Å²) in [6.45, 7) is 1.63. The quantitative estimate of drug-likeness (QED) is 0.751. The summed E-state index contributed by atoms with van der Waals surface area (Å²) < 4.78 is 10.9. The lowest BCUT2D eigenvalue weighted by atomic mass is 10.1. The lowest BCUT2D eigenvalue weighted by molar-refractivity contribution is 0.0153. The number of nitrogens with two attached hydrogens (primary N) is 1. The summed E-state index contributed by atoms with van der Waals surface area (Å²) in [4.78, 5) is 4.41. The lowest BCUT2D eigenvalue weighted by Crippen LogP contribution is -2.21. The second-order valence-corrected chi connectivity index (χ2v) is 4.90. The van der Waals surface area contributed by atoms with Crippen molar-refractivity contribution in [1.29, 1.82) is 0 Å². The maximum atomic E-state index is 5.67. The number of ether oxygens (including phenoxy) is 1. The summed E-state index contributed by atoms with van der Waals surface area (Å²) in [5, 5.41) is 4.02. The molecule has 0 saturated carbocycles. The Labute approximate surface area is 108 Å². The summed E-state index contributed by atoms with van der Waals surface area (Å²) in [5.41, 5.74) is 5.45. The molecule has 1 aliphatic heterocycles. The summed E-state index contributed by atoms with van der Waals surface area (Å²) in [6, 6.07) is 0. The highest BCUT2D eigenvalue weighted by molar-refractivity contribution is 4.89. The van der Waals surface area contributed by atoms with Crippen molar-refractivity contribution in [1.82, 2.24) is 10.1 Å². The van der Waals surface area contributed by atoms with Crippen molar-refractivity contribution in [2.24, 2.45) is 5.73 Å². The summed E-state index contributed by atoms with van der Waals surface area (Å²) in [7, 11) is 0. The minimum absolute atomic E-state index is 0.279. The molecule has 0 aliphatic carbocycles. The zero-order valence-electron chi connectivity index (χ0n) is 10.9. The van der Waals surface area contributed by atoms with Crippen LogP contribution in [0.5, 0.6) is 0 Å². The van der Waals surface area contributed by atoms with Crippen molar-refractivity contribution >= 4 is 0 Å². The highest BCUT2D eigenvalue weighted by Crippen LogP contribution is 2.16. The molecule has 2 rings (SSSR count). The Morgan fingerprint density at radius 3 is 2.94 bits per heavy atom. The van der Waals surface area contributed by atoms with E-state index in [9.17, 15) is 0 Å². The first-order valence-corrected chi connectivity index (χ1v) is 7.01. The van der Waals surface area contributed by atoms with E-state index in [2.05, 4.69) is 10.1 Å². The van der Waals surface area contributed by atoms with Gasteiger partial charge in [-0.3, -0.25) is 0 Å². The molecule has 1 unspecified atom stereocenters. The second kappa shape index (κ2) is 7.48. The minimum Gasteiger partial charge on any atom is -0.378 e. The molecule has 102 valence electrons. The van der Waals surface area contributed by atoms with Gasteiger partial charge in [-0.1, -0.05) is 11.6 Å². The van der Waals surface area contributed by atoms with Crippen LogP contribution < -0.4 is 5.73 Å². The third-order valence-electron chi connectivity index (χ3n) is 3.29. The van der Waals surface area contributed by atoms with Crippen LogP contribution in [0.4, 0.5) is 0 Å². The third kappa shape index (κ3) is 4.38. The van der Waals surface area contributed by atoms with Crippen LogP contribution >= 0.6 is 0 Å². The Morgan fingerprint density at radius 1 is 1.22 bits per heavy atom. The van der Waals surface area contributed by atoms with Crippen LogP contribution in [0.1, 0.15) is 50.2 Å². The molecule has 5 heteroatoms. The molecule has 1 saturated heterocycles. The first-order chi connectivity index (χ1) is 8.88. The molecule has 0 bridgehead atoms. The number of unbranched alkanes of at least 4 members (excludes halogenated alkanes) is 2. The van der Waals surface area contributed by atoms with Gasteiger partial charge in [0.25, 0.3) is 0 Å². The molecule has 1 aliphatic rings. The Bertz CT molecular complexity index is 335. The van der Waals surface area contributed by atoms with Gasteiger partial charge >= 0.3 is 0 Å². The van der Waals surface area contributed by atoms with Crippen LogP contribution in [0.3, 0.4) is 0 Å². The average Bonchev–Trinajstić information content (AvgIpc) is 2.84. The molecular weight excluding hydrogens is 230 g/mol. The number of aryl methyl sites for hydroxylation is 1. The van der Waals surface area contributed by atoms with Gasteiger partial charge in [-0.05, 0) is 38.6 Å². The van der Waals surface area contributed by atoms with Gasteiger partial charge < -0.3 is 15.0 Å². The van der Waals surface area contributed by atoms with E-state index < -0.39 is 0 Å². The van der Waals surface area contributed by atoms with Gasteiger partial charge in [-0.2, -0.15) is 4.98 Å². The van der Waals surface area contributed by atoms with Gasteiger partial charge in [0.2, 0.25) is 5.89 Å². The Kier molecular flexibility index (Phi) is 5.61. The largest absolute Gasteiger partial charge is 0.378 e. The highest BCUT2D eigenvalue weighted by Gasteiger charge is 2.17. The number of rotatable bonds is 7. The molecule has 1 aromatic rings. The Hall–Kier alpha value is -0.940. The van der Waals surface area contributed by atoms with Crippen molar-refractivity contribution in [3.63, 3.8) is 0 Å². The van der Waals surface area contributed by atoms with Crippen LogP contribution in [0.15, 0.2) is 4.52 Å². The van der Waals surface area contributed by atoms with Gasteiger partial charge in [-0.25, -0.2) is 0 Å². The molecule has 1 fully saturated rings. The number of hydrogen-bond donors (Lipinski definition) is 1. The average molecular weight is 253 g/mol. The summed E-state index contributed by atoms with van der Waals surface area (Å²) in [6.07, 6.45) is 8.71. The normalized spacial score (nSPS) is 20.2. The topological polar surface area (TPSA) is 74.2 Å². The van der Waals surface area contributed by atoms with E-state index in [-0.39, 0.29) is 6.10 Å². The van der Waals surface area contributed by atoms with Gasteiger partial charge in [0.1, 0.15) is 0 Å². The van der Waals surface area contributed by atoms with Crippen LogP contribution in [-0.2, 0) is 17.6 Å². The Morgan fingerprint density at radius 2 is 2.17 bits per heavy atom. The first-order valence-electron chi connectivity index (χ1n) is 7.01. The molecule has 1 atom stereocenters. The molecule has 0 amide bonds. The predicted octanol–water partition coefficient (Wildman–Crippen LogP) is 1.85. The van der Waals surface area contributed by atoms with E-state index in [0.29, 0.717) is 0 Å². The maximum absolute atomic E-state index is 5.67. The van der Waals surface area contributed by atoms with E-state index in [1.807, 2.05) is 0 Å². The number of nitrogens with zero attached hydrogens (tertiary/aromatic N) is 2. The standard InChI is InChI=1S/C13H23N3O2/c14-8-4-1-2-7-13-15-12(16-18-13)10-11-6-3-5-9-17-11/h11H,1-10,14H2. The molecular formula is C13H23N3O2. The minimum atomic E-state index is 0.279. The zero-order valence-corrected chi connectivity index (χ0v) is 10.9. The van der Waals surface area contributed by atoms with Crippen molar-refractivity contribution < 1.29 is 9.26 Å². The molecule has 1 aromatic heterocycles. The summed E-state index contributed by atoms with van der Waals surface area (Å²) >= 11 is 0. The SMILES string of the molecule is NCCCCCc1nc(CC2CCCCO2)no1. The van der Waals surface area contributed by atoms with Crippen molar-refractivity contribution in [3.05, 3.63) is 11.7 Å². The molecule has 2 heterocycles. The summed E-state index contributed by atoms with van der Waals surface area (Å²) in [5.74, 6) is 1.54. The predicted molar refractivity (Wildman–Crippen MR) is 68.2 cm³/mol. The van der Waals surface area contributed by atoms with Crippen molar-refractivity contribution in [2.45, 2.75) is 57.5 Å². The number of hydrogen-bond acceptors (Lipinski definition) is 5. The van der Waals surface area contributed by atoms with E-state index in [0.717, 1.165) is 63.4 Å². The van der Waals surface area contributed by atoms with E-state index in [1.54, 1.807) is 0 Å². The van der Waals surface area contributed by atoms with Gasteiger partial charge in [0.05, 0.1) is 6.10 Å². The molecule has 2 N–H and O–H groups in total. The molecule has 0 aromatic carbocycles. The van der Waals surface area contributed by atoms with Gasteiger partial charge in [0.15, 0.2) is 5.82 Å². The second-order valence-electron chi connectivity index (χ2n) is 4.90. The van der Waals surface area contributed by atoms with E-state index in [1.165, 1.54) is 12.8 Å². The van der Waals surface area contributed by atoms with Gasteiger partial charge in [0, 0.05) is 19.4 Å². The molecule has 0 radical (unpaired) electrons. The van der Waals surface area contributed by atoms with Crippen LogP contribution in [0.2, 0.25) is 0 Å². The first kappa shape index (κ1) is 13.5. The fourth-order valence-corrected chi connectivity index (χ4v) is 2.24. The molecule has 18 heavy (non-hydrogen) atoms. The van der Waals surface area contributed by atoms with Gasteiger partial charge in [-0.15, -0.1) is 0 Å². The fourth-order valence-electron chi connectivity index (χ4n) is 2.24. The molecule has 0 spiro atoms. The zero-order chi connectivity index (χ0) is 12.6. The van der Waals surface area contributed by atoms with Crippen molar-refractivity contribution in [3.8, 4) is 0 Å². The lowest BCUT2D eigenvalue weighted by Gasteiger charge is -2.20.